The van der Waals surface area contributed by atoms with Gasteiger partial charge in [-0.1, -0.05) is 24.3 Å². The van der Waals surface area contributed by atoms with Gasteiger partial charge in [-0.25, -0.2) is 4.79 Å². The summed E-state index contributed by atoms with van der Waals surface area (Å²) in [5.41, 5.74) is 1.51. The summed E-state index contributed by atoms with van der Waals surface area (Å²) in [5, 5.41) is 11.4. The third kappa shape index (κ3) is 3.81. The summed E-state index contributed by atoms with van der Waals surface area (Å²) in [6.45, 7) is 0. The van der Waals surface area contributed by atoms with Crippen molar-refractivity contribution in [3.63, 3.8) is 0 Å². The van der Waals surface area contributed by atoms with E-state index in [0.717, 1.165) is 30.2 Å². The number of carboxylic acid groups (broad SMARTS) is 1. The number of allylic oxidation sites excluding steroid dienone is 2. The third-order valence-corrected chi connectivity index (χ3v) is 2.98. The first-order valence-corrected chi connectivity index (χ1v) is 6.12. The Morgan fingerprint density at radius 1 is 1.16 bits per heavy atom. The Labute approximate surface area is 111 Å². The second-order valence-corrected chi connectivity index (χ2v) is 4.42. The Bertz CT molecular complexity index is 521. The molecule has 0 aliphatic heterocycles. The van der Waals surface area contributed by atoms with Crippen molar-refractivity contribution in [2.45, 2.75) is 12.8 Å². The number of anilines is 1. The summed E-state index contributed by atoms with van der Waals surface area (Å²) in [6.07, 6.45) is 8.22. The third-order valence-electron chi connectivity index (χ3n) is 2.98. The molecule has 2 rings (SSSR count). The van der Waals surface area contributed by atoms with Crippen molar-refractivity contribution >= 4 is 23.6 Å². The number of aliphatic carboxylic acids is 1. The maximum atomic E-state index is 11.9. The number of rotatable bonds is 4. The fourth-order valence-electron chi connectivity index (χ4n) is 1.92. The molecule has 2 N–H and O–H groups in total. The minimum Gasteiger partial charge on any atom is -0.478 e. The summed E-state index contributed by atoms with van der Waals surface area (Å²) in [6, 6.07) is 7.06. The summed E-state index contributed by atoms with van der Waals surface area (Å²) < 4.78 is 0. The van der Waals surface area contributed by atoms with E-state index in [1.54, 1.807) is 24.3 Å². The molecular formula is C15H15NO3. The van der Waals surface area contributed by atoms with E-state index in [-0.39, 0.29) is 11.8 Å². The predicted molar refractivity (Wildman–Crippen MR) is 73.6 cm³/mol. The van der Waals surface area contributed by atoms with Crippen LogP contribution in [0.4, 0.5) is 5.69 Å². The highest BCUT2D eigenvalue weighted by Gasteiger charge is 2.18. The van der Waals surface area contributed by atoms with Crippen LogP contribution in [0.1, 0.15) is 18.4 Å². The monoisotopic (exact) mass is 257 g/mol. The van der Waals surface area contributed by atoms with Crippen molar-refractivity contribution in [1.82, 2.24) is 0 Å². The van der Waals surface area contributed by atoms with Gasteiger partial charge in [-0.15, -0.1) is 0 Å². The summed E-state index contributed by atoms with van der Waals surface area (Å²) >= 11 is 0. The number of hydrogen-bond acceptors (Lipinski definition) is 2. The first-order valence-electron chi connectivity index (χ1n) is 6.12. The number of carbonyl (C=O) groups is 2. The van der Waals surface area contributed by atoms with Gasteiger partial charge in [0.1, 0.15) is 0 Å². The molecule has 0 radical (unpaired) electrons. The largest absolute Gasteiger partial charge is 0.478 e. The molecule has 1 aliphatic rings. The lowest BCUT2D eigenvalue weighted by atomic mass is 10.1. The molecule has 0 fully saturated rings. The molecule has 1 amide bonds. The van der Waals surface area contributed by atoms with Crippen LogP contribution < -0.4 is 5.32 Å². The maximum absolute atomic E-state index is 11.9. The second kappa shape index (κ2) is 6.00. The predicted octanol–water partition coefficient (Wildman–Crippen LogP) is 2.69. The van der Waals surface area contributed by atoms with Crippen LogP contribution in [0.2, 0.25) is 0 Å². The molecule has 0 aromatic heterocycles. The van der Waals surface area contributed by atoms with Gasteiger partial charge in [-0.3, -0.25) is 4.79 Å². The molecule has 0 saturated carbocycles. The van der Waals surface area contributed by atoms with Gasteiger partial charge in [0.15, 0.2) is 0 Å². The van der Waals surface area contributed by atoms with Crippen LogP contribution in [0, 0.1) is 5.92 Å². The molecule has 0 heterocycles. The number of nitrogens with one attached hydrogen (secondary N) is 1. The first-order chi connectivity index (χ1) is 9.15. The van der Waals surface area contributed by atoms with E-state index in [2.05, 4.69) is 5.32 Å². The smallest absolute Gasteiger partial charge is 0.328 e. The minimum atomic E-state index is -0.980. The second-order valence-electron chi connectivity index (χ2n) is 4.42. The molecule has 0 atom stereocenters. The minimum absolute atomic E-state index is 0.0267. The summed E-state index contributed by atoms with van der Waals surface area (Å²) in [4.78, 5) is 22.3. The van der Waals surface area contributed by atoms with E-state index < -0.39 is 5.97 Å². The molecular weight excluding hydrogens is 242 g/mol. The van der Waals surface area contributed by atoms with Crippen molar-refractivity contribution in [2.24, 2.45) is 5.92 Å². The van der Waals surface area contributed by atoms with E-state index in [1.807, 2.05) is 12.2 Å². The first kappa shape index (κ1) is 13.1. The van der Waals surface area contributed by atoms with Gasteiger partial charge in [0, 0.05) is 17.7 Å². The van der Waals surface area contributed by atoms with Gasteiger partial charge in [0.25, 0.3) is 0 Å². The standard InChI is InChI=1S/C15H15NO3/c17-14(18)10-7-11-5-8-13(9-6-11)16-15(19)12-3-1-2-4-12/h1-2,5-10,12H,3-4H2,(H,16,19)(H,17,18)/b10-7+. The fourth-order valence-corrected chi connectivity index (χ4v) is 1.92. The van der Waals surface area contributed by atoms with Crippen LogP contribution in [-0.4, -0.2) is 17.0 Å². The Kier molecular flexibility index (Phi) is 4.13. The van der Waals surface area contributed by atoms with Crippen LogP contribution in [-0.2, 0) is 9.59 Å². The highest BCUT2D eigenvalue weighted by Crippen LogP contribution is 2.20. The molecule has 4 heteroatoms. The van der Waals surface area contributed by atoms with Crippen molar-refractivity contribution in [3.8, 4) is 0 Å². The lowest BCUT2D eigenvalue weighted by Gasteiger charge is -2.10. The molecule has 1 aromatic carbocycles. The molecule has 1 aliphatic carbocycles. The Morgan fingerprint density at radius 3 is 2.37 bits per heavy atom. The van der Waals surface area contributed by atoms with Crippen LogP contribution in [0.5, 0.6) is 0 Å². The van der Waals surface area contributed by atoms with Crippen LogP contribution in [0.25, 0.3) is 6.08 Å². The van der Waals surface area contributed by atoms with Gasteiger partial charge in [0.05, 0.1) is 0 Å². The molecule has 98 valence electrons. The normalized spacial score (nSPS) is 14.9. The van der Waals surface area contributed by atoms with Crippen LogP contribution in [0.15, 0.2) is 42.5 Å². The Hall–Kier alpha value is -2.36. The Balaban J connectivity index is 1.94. The average Bonchev–Trinajstić information content (AvgIpc) is 2.92. The van der Waals surface area contributed by atoms with Gasteiger partial charge in [-0.05, 0) is 36.6 Å². The number of carbonyl (C=O) groups excluding carboxylic acids is 1. The van der Waals surface area contributed by atoms with E-state index in [4.69, 9.17) is 5.11 Å². The van der Waals surface area contributed by atoms with E-state index in [0.29, 0.717) is 0 Å². The zero-order valence-corrected chi connectivity index (χ0v) is 10.4. The lowest BCUT2D eigenvalue weighted by molar-refractivity contribution is -0.131. The Morgan fingerprint density at radius 2 is 1.79 bits per heavy atom. The molecule has 0 unspecified atom stereocenters. The summed E-state index contributed by atoms with van der Waals surface area (Å²) in [7, 11) is 0. The van der Waals surface area contributed by atoms with Gasteiger partial charge >= 0.3 is 5.97 Å². The van der Waals surface area contributed by atoms with Crippen molar-refractivity contribution in [1.29, 1.82) is 0 Å². The maximum Gasteiger partial charge on any atom is 0.328 e. The van der Waals surface area contributed by atoms with Crippen molar-refractivity contribution in [2.75, 3.05) is 5.32 Å². The van der Waals surface area contributed by atoms with E-state index >= 15 is 0 Å². The highest BCUT2D eigenvalue weighted by atomic mass is 16.4. The van der Waals surface area contributed by atoms with Gasteiger partial charge < -0.3 is 10.4 Å². The quantitative estimate of drug-likeness (QED) is 0.643. The average molecular weight is 257 g/mol. The highest BCUT2D eigenvalue weighted by molar-refractivity contribution is 5.93. The molecule has 0 spiro atoms. The van der Waals surface area contributed by atoms with Crippen molar-refractivity contribution < 1.29 is 14.7 Å². The molecule has 4 nitrogen and oxygen atoms in total. The summed E-state index contributed by atoms with van der Waals surface area (Å²) in [5.74, 6) is -0.920. The SMILES string of the molecule is O=C(O)/C=C/c1ccc(NC(=O)C2CC=CC2)cc1. The molecule has 0 saturated heterocycles. The van der Waals surface area contributed by atoms with Crippen molar-refractivity contribution in [3.05, 3.63) is 48.1 Å². The number of amides is 1. The van der Waals surface area contributed by atoms with E-state index in [1.165, 1.54) is 6.08 Å². The number of benzene rings is 1. The van der Waals surface area contributed by atoms with Crippen LogP contribution >= 0.6 is 0 Å². The lowest BCUT2D eigenvalue weighted by Crippen LogP contribution is -2.20. The zero-order valence-electron chi connectivity index (χ0n) is 10.4. The fraction of sp³-hybridized carbons (Fsp3) is 0.200. The molecule has 1 aromatic rings. The van der Waals surface area contributed by atoms with Crippen LogP contribution in [0.3, 0.4) is 0 Å². The number of carboxylic acids is 1. The van der Waals surface area contributed by atoms with E-state index in [9.17, 15) is 9.59 Å². The number of hydrogen-bond donors (Lipinski definition) is 2. The van der Waals surface area contributed by atoms with Gasteiger partial charge in [0.2, 0.25) is 5.91 Å². The molecule has 0 bridgehead atoms. The zero-order chi connectivity index (χ0) is 13.7. The topological polar surface area (TPSA) is 66.4 Å². The molecule has 19 heavy (non-hydrogen) atoms. The van der Waals surface area contributed by atoms with Gasteiger partial charge in [-0.2, -0.15) is 0 Å².